The number of fused-ring (bicyclic) bond motifs is 3. The molecule has 5 nitrogen and oxygen atoms in total. The van der Waals surface area contributed by atoms with Gasteiger partial charge in [-0.3, -0.25) is 9.48 Å². The summed E-state index contributed by atoms with van der Waals surface area (Å²) in [6.07, 6.45) is 3.52. The normalized spacial score (nSPS) is 12.7. The van der Waals surface area contributed by atoms with Crippen LogP contribution in [-0.4, -0.2) is 32.6 Å². The Balaban J connectivity index is 1.62. The molecule has 0 bridgehead atoms. The largest absolute Gasteiger partial charge is 0.335 e. The molecule has 0 unspecified atom stereocenters. The molecule has 5 heteroatoms. The second kappa shape index (κ2) is 5.92. The predicted octanol–water partition coefficient (Wildman–Crippen LogP) is 2.90. The first-order valence-corrected chi connectivity index (χ1v) is 8.02. The first-order valence-electron chi connectivity index (χ1n) is 8.02. The third kappa shape index (κ3) is 2.38. The number of hydrogen-bond donors (Lipinski definition) is 0. The van der Waals surface area contributed by atoms with Gasteiger partial charge in [0.15, 0.2) is 0 Å². The zero-order valence-electron chi connectivity index (χ0n) is 13.5. The van der Waals surface area contributed by atoms with Gasteiger partial charge in [-0.05, 0) is 22.3 Å². The number of aryl methyl sites for hydroxylation is 1. The van der Waals surface area contributed by atoms with Gasteiger partial charge in [-0.1, -0.05) is 48.5 Å². The minimum Gasteiger partial charge on any atom is -0.335 e. The number of amides is 1. The van der Waals surface area contributed by atoms with Crippen molar-refractivity contribution in [2.75, 3.05) is 7.05 Å². The summed E-state index contributed by atoms with van der Waals surface area (Å²) < 4.78 is 1.68. The topological polar surface area (TPSA) is 51.0 Å². The molecule has 3 aromatic rings. The summed E-state index contributed by atoms with van der Waals surface area (Å²) in [6, 6.07) is 16.6. The third-order valence-corrected chi connectivity index (χ3v) is 4.60. The lowest BCUT2D eigenvalue weighted by Crippen LogP contribution is -2.31. The first kappa shape index (κ1) is 14.6. The fourth-order valence-corrected chi connectivity index (χ4v) is 3.42. The zero-order valence-corrected chi connectivity index (χ0v) is 13.5. The van der Waals surface area contributed by atoms with Crippen LogP contribution < -0.4 is 0 Å². The molecule has 0 radical (unpaired) electrons. The number of carbonyl (C=O) groups is 1. The molecule has 1 amide bonds. The van der Waals surface area contributed by atoms with Gasteiger partial charge in [-0.2, -0.15) is 5.10 Å². The molecule has 2 aromatic carbocycles. The zero-order chi connectivity index (χ0) is 16.5. The van der Waals surface area contributed by atoms with E-state index in [1.807, 2.05) is 36.2 Å². The molecule has 24 heavy (non-hydrogen) atoms. The summed E-state index contributed by atoms with van der Waals surface area (Å²) in [7, 11) is 1.88. The second-order valence-electron chi connectivity index (χ2n) is 5.99. The molecule has 0 atom stereocenters. The molecule has 0 aliphatic heterocycles. The van der Waals surface area contributed by atoms with E-state index in [4.69, 9.17) is 0 Å². The van der Waals surface area contributed by atoms with Crippen molar-refractivity contribution in [1.82, 2.24) is 19.7 Å². The fraction of sp³-hybridized carbons (Fsp3) is 0.211. The molecule has 0 N–H and O–H groups in total. The minimum atomic E-state index is -0.0272. The quantitative estimate of drug-likeness (QED) is 0.743. The average molecular weight is 318 g/mol. The number of benzene rings is 2. The summed E-state index contributed by atoms with van der Waals surface area (Å²) >= 11 is 0. The molecule has 1 heterocycles. The molecule has 0 saturated carbocycles. The van der Waals surface area contributed by atoms with Gasteiger partial charge in [-0.15, -0.1) is 0 Å². The lowest BCUT2D eigenvalue weighted by molar-refractivity contribution is -0.131. The van der Waals surface area contributed by atoms with E-state index in [2.05, 4.69) is 34.3 Å². The smallest absolute Gasteiger partial charge is 0.224 e. The van der Waals surface area contributed by atoms with Gasteiger partial charge in [0.25, 0.3) is 0 Å². The van der Waals surface area contributed by atoms with Crippen LogP contribution in [0.4, 0.5) is 0 Å². The monoisotopic (exact) mass is 318 g/mol. The summed E-state index contributed by atoms with van der Waals surface area (Å²) in [6.45, 7) is 0.541. The molecule has 1 aliphatic carbocycles. The number of aromatic nitrogens is 3. The van der Waals surface area contributed by atoms with Crippen molar-refractivity contribution in [3.05, 3.63) is 72.3 Å². The van der Waals surface area contributed by atoms with Crippen molar-refractivity contribution in [3.8, 4) is 11.1 Å². The van der Waals surface area contributed by atoms with Crippen LogP contribution in [0, 0.1) is 0 Å². The Morgan fingerprint density at radius 1 is 1.08 bits per heavy atom. The first-order chi connectivity index (χ1) is 11.8. The summed E-state index contributed by atoms with van der Waals surface area (Å²) in [5.41, 5.74) is 4.81. The highest BCUT2D eigenvalue weighted by Gasteiger charge is 2.32. The minimum absolute atomic E-state index is 0.0272. The van der Waals surface area contributed by atoms with Crippen molar-refractivity contribution in [2.45, 2.75) is 19.0 Å². The van der Waals surface area contributed by atoms with Crippen LogP contribution in [0.5, 0.6) is 0 Å². The van der Waals surface area contributed by atoms with Crippen LogP contribution in [0.1, 0.15) is 23.6 Å². The van der Waals surface area contributed by atoms with Gasteiger partial charge in [0, 0.05) is 13.5 Å². The number of carbonyl (C=O) groups excluding carboxylic acids is 1. The Hall–Kier alpha value is -2.95. The Morgan fingerprint density at radius 2 is 1.71 bits per heavy atom. The lowest BCUT2D eigenvalue weighted by atomic mass is 10.0. The van der Waals surface area contributed by atoms with Gasteiger partial charge in [0.2, 0.25) is 5.91 Å². The Labute approximate surface area is 140 Å². The van der Waals surface area contributed by atoms with Crippen molar-refractivity contribution in [3.63, 3.8) is 0 Å². The molecule has 0 saturated heterocycles. The maximum Gasteiger partial charge on any atom is 0.224 e. The van der Waals surface area contributed by atoms with E-state index in [1.165, 1.54) is 28.6 Å². The Bertz CT molecular complexity index is 827. The highest BCUT2D eigenvalue weighted by atomic mass is 16.2. The third-order valence-electron chi connectivity index (χ3n) is 4.60. The van der Waals surface area contributed by atoms with E-state index < -0.39 is 0 Å². The van der Waals surface area contributed by atoms with E-state index >= 15 is 0 Å². The molecule has 120 valence electrons. The molecule has 1 aromatic heterocycles. The fourth-order valence-electron chi connectivity index (χ4n) is 3.42. The molecular weight excluding hydrogens is 300 g/mol. The number of hydrogen-bond acceptors (Lipinski definition) is 3. The molecule has 0 fully saturated rings. The van der Waals surface area contributed by atoms with Crippen LogP contribution in [0.25, 0.3) is 11.1 Å². The molecular formula is C19H18N4O. The van der Waals surface area contributed by atoms with E-state index in [-0.39, 0.29) is 11.9 Å². The van der Waals surface area contributed by atoms with Crippen LogP contribution in [-0.2, 0) is 11.3 Å². The summed E-state index contributed by atoms with van der Waals surface area (Å²) in [4.78, 5) is 18.5. The SMILES string of the molecule is CN(C(=O)CCn1cncn1)C1c2ccccc2-c2ccccc21. The van der Waals surface area contributed by atoms with Gasteiger partial charge in [0.1, 0.15) is 12.7 Å². The van der Waals surface area contributed by atoms with Crippen LogP contribution in [0.2, 0.25) is 0 Å². The summed E-state index contributed by atoms with van der Waals surface area (Å²) in [5, 5.41) is 4.05. The second-order valence-corrected chi connectivity index (χ2v) is 5.99. The standard InChI is InChI=1S/C19H18N4O/c1-22(18(24)10-11-23-13-20-12-21-23)19-16-8-4-2-6-14(16)15-7-3-5-9-17(15)19/h2-9,12-13,19H,10-11H2,1H3. The molecule has 4 rings (SSSR count). The van der Waals surface area contributed by atoms with E-state index in [9.17, 15) is 4.79 Å². The van der Waals surface area contributed by atoms with Gasteiger partial charge in [0.05, 0.1) is 12.6 Å². The van der Waals surface area contributed by atoms with Gasteiger partial charge >= 0.3 is 0 Å². The van der Waals surface area contributed by atoms with Crippen molar-refractivity contribution < 1.29 is 4.79 Å². The lowest BCUT2D eigenvalue weighted by Gasteiger charge is -2.26. The van der Waals surface area contributed by atoms with Crippen molar-refractivity contribution in [2.24, 2.45) is 0 Å². The number of rotatable bonds is 4. The van der Waals surface area contributed by atoms with E-state index in [1.54, 1.807) is 11.0 Å². The van der Waals surface area contributed by atoms with Crippen molar-refractivity contribution in [1.29, 1.82) is 0 Å². The van der Waals surface area contributed by atoms with Gasteiger partial charge in [-0.25, -0.2) is 4.98 Å². The molecule has 0 spiro atoms. The molecule has 1 aliphatic rings. The Morgan fingerprint density at radius 3 is 2.29 bits per heavy atom. The number of nitrogens with zero attached hydrogens (tertiary/aromatic N) is 4. The summed E-state index contributed by atoms with van der Waals surface area (Å²) in [5.74, 6) is 0.0991. The predicted molar refractivity (Wildman–Crippen MR) is 91.1 cm³/mol. The van der Waals surface area contributed by atoms with Crippen LogP contribution >= 0.6 is 0 Å². The highest BCUT2D eigenvalue weighted by molar-refractivity contribution is 5.83. The van der Waals surface area contributed by atoms with Crippen molar-refractivity contribution >= 4 is 5.91 Å². The van der Waals surface area contributed by atoms with E-state index in [0.29, 0.717) is 13.0 Å². The van der Waals surface area contributed by atoms with Crippen LogP contribution in [0.3, 0.4) is 0 Å². The highest BCUT2D eigenvalue weighted by Crippen LogP contribution is 2.45. The average Bonchev–Trinajstić information content (AvgIpc) is 3.25. The van der Waals surface area contributed by atoms with Crippen LogP contribution in [0.15, 0.2) is 61.2 Å². The maximum atomic E-state index is 12.7. The Kier molecular flexibility index (Phi) is 3.61. The van der Waals surface area contributed by atoms with E-state index in [0.717, 1.165) is 0 Å². The van der Waals surface area contributed by atoms with Gasteiger partial charge < -0.3 is 4.90 Å². The maximum absolute atomic E-state index is 12.7.